The molecule has 0 aliphatic carbocycles. The van der Waals surface area contributed by atoms with Gasteiger partial charge in [-0.2, -0.15) is 4.31 Å². The van der Waals surface area contributed by atoms with E-state index in [9.17, 15) is 13.2 Å². The molecule has 1 aromatic carbocycles. The molecule has 8 heteroatoms. The molecule has 0 unspecified atom stereocenters. The van der Waals surface area contributed by atoms with E-state index in [1.54, 1.807) is 30.0 Å². The zero-order valence-electron chi connectivity index (χ0n) is 11.6. The van der Waals surface area contributed by atoms with Crippen LogP contribution in [0.5, 0.6) is 0 Å². The number of benzene rings is 1. The summed E-state index contributed by atoms with van der Waals surface area (Å²) in [6.45, 7) is 3.18. The van der Waals surface area contributed by atoms with E-state index >= 15 is 0 Å². The van der Waals surface area contributed by atoms with Gasteiger partial charge in [0.25, 0.3) is 0 Å². The van der Waals surface area contributed by atoms with Gasteiger partial charge in [-0.15, -0.1) is 0 Å². The van der Waals surface area contributed by atoms with Gasteiger partial charge in [-0.25, -0.2) is 8.42 Å². The smallest absolute Gasteiger partial charge is 0.317 e. The van der Waals surface area contributed by atoms with Gasteiger partial charge < -0.3 is 5.11 Å². The molecule has 1 heterocycles. The normalized spacial score (nSPS) is 17.8. The average molecular weight is 377 g/mol. The van der Waals surface area contributed by atoms with Crippen molar-refractivity contribution in [1.29, 1.82) is 0 Å². The van der Waals surface area contributed by atoms with Crippen LogP contribution in [0.1, 0.15) is 5.56 Å². The first kappa shape index (κ1) is 16.4. The number of rotatable bonds is 4. The van der Waals surface area contributed by atoms with Crippen LogP contribution in [-0.2, 0) is 14.8 Å². The molecule has 21 heavy (non-hydrogen) atoms. The van der Waals surface area contributed by atoms with Crippen molar-refractivity contribution in [3.63, 3.8) is 0 Å². The third kappa shape index (κ3) is 3.82. The maximum atomic E-state index is 12.7. The van der Waals surface area contributed by atoms with Gasteiger partial charge in [0, 0.05) is 30.7 Å². The highest BCUT2D eigenvalue weighted by atomic mass is 79.9. The number of piperazine rings is 1. The second-order valence-corrected chi connectivity index (χ2v) is 7.81. The molecule has 0 bridgehead atoms. The summed E-state index contributed by atoms with van der Waals surface area (Å²) >= 11 is 3.29. The summed E-state index contributed by atoms with van der Waals surface area (Å²) in [7, 11) is -3.54. The number of sulfonamides is 1. The van der Waals surface area contributed by atoms with Crippen molar-refractivity contribution in [3.8, 4) is 0 Å². The van der Waals surface area contributed by atoms with Crippen molar-refractivity contribution in [1.82, 2.24) is 9.21 Å². The van der Waals surface area contributed by atoms with Crippen LogP contribution < -0.4 is 0 Å². The van der Waals surface area contributed by atoms with E-state index in [1.807, 2.05) is 0 Å². The number of halogens is 1. The van der Waals surface area contributed by atoms with Crippen LogP contribution in [-0.4, -0.2) is 61.4 Å². The lowest BCUT2D eigenvalue weighted by Gasteiger charge is -2.33. The summed E-state index contributed by atoms with van der Waals surface area (Å²) in [5, 5.41) is 8.76. The zero-order valence-corrected chi connectivity index (χ0v) is 14.0. The molecule has 0 saturated carbocycles. The zero-order chi connectivity index (χ0) is 15.6. The maximum absolute atomic E-state index is 12.7. The first-order chi connectivity index (χ1) is 9.80. The van der Waals surface area contributed by atoms with Crippen LogP contribution in [0.25, 0.3) is 0 Å². The van der Waals surface area contributed by atoms with Gasteiger partial charge in [0.05, 0.1) is 11.4 Å². The van der Waals surface area contributed by atoms with Crippen LogP contribution >= 0.6 is 15.9 Å². The first-order valence-electron chi connectivity index (χ1n) is 6.51. The number of aryl methyl sites for hydroxylation is 1. The van der Waals surface area contributed by atoms with E-state index < -0.39 is 16.0 Å². The predicted octanol–water partition coefficient (Wildman–Crippen LogP) is 1.15. The Morgan fingerprint density at radius 1 is 1.29 bits per heavy atom. The quantitative estimate of drug-likeness (QED) is 0.852. The molecule has 1 aromatic rings. The fraction of sp³-hybridized carbons (Fsp3) is 0.462. The van der Waals surface area contributed by atoms with E-state index in [4.69, 9.17) is 5.11 Å². The number of carbonyl (C=O) groups is 1. The first-order valence-corrected chi connectivity index (χ1v) is 8.74. The van der Waals surface area contributed by atoms with Gasteiger partial charge >= 0.3 is 5.97 Å². The fourth-order valence-corrected chi connectivity index (χ4v) is 4.50. The second-order valence-electron chi connectivity index (χ2n) is 4.98. The summed E-state index contributed by atoms with van der Waals surface area (Å²) in [5.41, 5.74) is 0.700. The van der Waals surface area contributed by atoms with Crippen molar-refractivity contribution in [2.24, 2.45) is 0 Å². The standard InChI is InChI=1S/C13H17BrN2O4S/c1-10-2-3-11(14)8-12(10)21(19,20)16-6-4-15(5-7-16)9-13(17)18/h2-3,8H,4-7,9H2,1H3,(H,17,18). The molecule has 6 nitrogen and oxygen atoms in total. The van der Waals surface area contributed by atoms with Crippen LogP contribution in [0.4, 0.5) is 0 Å². The third-order valence-corrected chi connectivity index (χ3v) is 5.99. The van der Waals surface area contributed by atoms with Crippen LogP contribution in [0.2, 0.25) is 0 Å². The van der Waals surface area contributed by atoms with E-state index in [1.165, 1.54) is 4.31 Å². The molecule has 1 N–H and O–H groups in total. The van der Waals surface area contributed by atoms with Crippen LogP contribution in [0.15, 0.2) is 27.6 Å². The average Bonchev–Trinajstić information content (AvgIpc) is 2.41. The number of carboxylic acids is 1. The van der Waals surface area contributed by atoms with Gasteiger partial charge in [-0.3, -0.25) is 9.69 Å². The molecule has 1 fully saturated rings. The SMILES string of the molecule is Cc1ccc(Br)cc1S(=O)(=O)N1CCN(CC(=O)O)CC1. The van der Waals surface area contributed by atoms with Crippen LogP contribution in [0, 0.1) is 6.92 Å². The second kappa shape index (κ2) is 6.43. The highest BCUT2D eigenvalue weighted by Gasteiger charge is 2.30. The molecule has 0 spiro atoms. The molecular formula is C13H17BrN2O4S. The lowest BCUT2D eigenvalue weighted by molar-refractivity contribution is -0.138. The molecule has 116 valence electrons. The number of hydrogen-bond acceptors (Lipinski definition) is 4. The van der Waals surface area contributed by atoms with Gasteiger partial charge in [-0.05, 0) is 24.6 Å². The van der Waals surface area contributed by atoms with E-state index in [2.05, 4.69) is 15.9 Å². The van der Waals surface area contributed by atoms with Gasteiger partial charge in [0.1, 0.15) is 0 Å². The van der Waals surface area contributed by atoms with Crippen molar-refractivity contribution in [2.45, 2.75) is 11.8 Å². The van der Waals surface area contributed by atoms with Gasteiger partial charge in [0.15, 0.2) is 0 Å². The Bertz CT molecular complexity index is 640. The number of carboxylic acid groups (broad SMARTS) is 1. The van der Waals surface area contributed by atoms with Gasteiger partial charge in [0.2, 0.25) is 10.0 Å². The largest absolute Gasteiger partial charge is 0.480 e. The Morgan fingerprint density at radius 3 is 2.48 bits per heavy atom. The number of aliphatic carboxylic acids is 1. The molecule has 0 amide bonds. The molecule has 1 aliphatic rings. The Kier molecular flexibility index (Phi) is 5.03. The Hall–Kier alpha value is -0.960. The van der Waals surface area contributed by atoms with Crippen molar-refractivity contribution < 1.29 is 18.3 Å². The van der Waals surface area contributed by atoms with Crippen LogP contribution in [0.3, 0.4) is 0 Å². The molecule has 0 radical (unpaired) electrons. The third-order valence-electron chi connectivity index (χ3n) is 3.46. The monoisotopic (exact) mass is 376 g/mol. The minimum absolute atomic E-state index is 0.0518. The lowest BCUT2D eigenvalue weighted by Crippen LogP contribution is -2.49. The highest BCUT2D eigenvalue weighted by Crippen LogP contribution is 2.24. The van der Waals surface area contributed by atoms with Gasteiger partial charge in [-0.1, -0.05) is 22.0 Å². The summed E-state index contributed by atoms with van der Waals surface area (Å²) in [4.78, 5) is 12.7. The molecule has 1 aliphatic heterocycles. The predicted molar refractivity (Wildman–Crippen MR) is 81.7 cm³/mol. The minimum Gasteiger partial charge on any atom is -0.480 e. The summed E-state index contributed by atoms with van der Waals surface area (Å²) in [6.07, 6.45) is 0. The minimum atomic E-state index is -3.54. The van der Waals surface area contributed by atoms with Crippen molar-refractivity contribution in [2.75, 3.05) is 32.7 Å². The Morgan fingerprint density at radius 2 is 1.90 bits per heavy atom. The maximum Gasteiger partial charge on any atom is 0.317 e. The van der Waals surface area contributed by atoms with E-state index in [-0.39, 0.29) is 6.54 Å². The highest BCUT2D eigenvalue weighted by molar-refractivity contribution is 9.10. The topological polar surface area (TPSA) is 77.9 Å². The van der Waals surface area contributed by atoms with Crippen molar-refractivity contribution in [3.05, 3.63) is 28.2 Å². The molecular weight excluding hydrogens is 360 g/mol. The molecule has 0 aromatic heterocycles. The summed E-state index contributed by atoms with van der Waals surface area (Å²) in [6, 6.07) is 5.17. The fourth-order valence-electron chi connectivity index (χ4n) is 2.31. The summed E-state index contributed by atoms with van der Waals surface area (Å²) < 4.78 is 27.5. The van der Waals surface area contributed by atoms with E-state index in [0.717, 1.165) is 4.47 Å². The number of hydrogen-bond donors (Lipinski definition) is 1. The Balaban J connectivity index is 2.15. The van der Waals surface area contributed by atoms with E-state index in [0.29, 0.717) is 36.6 Å². The summed E-state index contributed by atoms with van der Waals surface area (Å²) in [5.74, 6) is -0.894. The lowest BCUT2D eigenvalue weighted by atomic mass is 10.2. The molecule has 2 rings (SSSR count). The molecule has 1 saturated heterocycles. The Labute approximate surface area is 132 Å². The molecule has 0 atom stereocenters. The van der Waals surface area contributed by atoms with Crippen molar-refractivity contribution >= 4 is 31.9 Å². The number of nitrogens with zero attached hydrogens (tertiary/aromatic N) is 2.